The lowest BCUT2D eigenvalue weighted by molar-refractivity contribution is -0.137. The first-order valence-electron chi connectivity index (χ1n) is 7.29. The molecule has 1 atom stereocenters. The molecule has 5 nitrogen and oxygen atoms in total. The van der Waals surface area contributed by atoms with Gasteiger partial charge in [-0.3, -0.25) is 9.20 Å². The number of carbonyl (C=O) groups is 1. The van der Waals surface area contributed by atoms with Gasteiger partial charge in [0.15, 0.2) is 10.8 Å². The van der Waals surface area contributed by atoms with Crippen LogP contribution in [0.25, 0.3) is 5.65 Å². The van der Waals surface area contributed by atoms with E-state index < -0.39 is 17.0 Å². The van der Waals surface area contributed by atoms with Gasteiger partial charge in [-0.25, -0.2) is 0 Å². The summed E-state index contributed by atoms with van der Waals surface area (Å²) in [5.74, 6) is -0.336. The summed E-state index contributed by atoms with van der Waals surface area (Å²) < 4.78 is 39.4. The van der Waals surface area contributed by atoms with Gasteiger partial charge >= 0.3 is 6.18 Å². The largest absolute Gasteiger partial charge is 0.416 e. The second-order valence-electron chi connectivity index (χ2n) is 5.24. The first-order chi connectivity index (χ1) is 11.8. The van der Waals surface area contributed by atoms with Crippen LogP contribution in [0.5, 0.6) is 0 Å². The van der Waals surface area contributed by atoms with Crippen molar-refractivity contribution in [2.75, 3.05) is 5.32 Å². The molecule has 3 aromatic rings. The van der Waals surface area contributed by atoms with Crippen LogP contribution in [0.15, 0.2) is 53.8 Å². The molecule has 2 aromatic heterocycles. The fourth-order valence-electron chi connectivity index (χ4n) is 2.10. The van der Waals surface area contributed by atoms with Crippen molar-refractivity contribution in [2.24, 2.45) is 0 Å². The van der Waals surface area contributed by atoms with Crippen molar-refractivity contribution in [1.29, 1.82) is 0 Å². The Morgan fingerprint density at radius 1 is 1.16 bits per heavy atom. The van der Waals surface area contributed by atoms with Gasteiger partial charge in [-0.1, -0.05) is 17.8 Å². The molecule has 0 fully saturated rings. The molecular weight excluding hydrogens is 353 g/mol. The molecule has 25 heavy (non-hydrogen) atoms. The zero-order chi connectivity index (χ0) is 18.0. The molecule has 0 radical (unpaired) electrons. The summed E-state index contributed by atoms with van der Waals surface area (Å²) in [5.41, 5.74) is 0.208. The molecule has 0 aliphatic rings. The number of hydrogen-bond acceptors (Lipinski definition) is 4. The first-order valence-corrected chi connectivity index (χ1v) is 8.17. The number of carbonyl (C=O) groups excluding carboxylic acids is 1. The smallest absolute Gasteiger partial charge is 0.325 e. The lowest BCUT2D eigenvalue weighted by Gasteiger charge is -2.12. The Balaban J connectivity index is 1.66. The minimum Gasteiger partial charge on any atom is -0.325 e. The van der Waals surface area contributed by atoms with Gasteiger partial charge in [-0.15, -0.1) is 10.2 Å². The average Bonchev–Trinajstić information content (AvgIpc) is 2.97. The Hall–Kier alpha value is -2.55. The van der Waals surface area contributed by atoms with E-state index in [4.69, 9.17) is 0 Å². The van der Waals surface area contributed by atoms with Crippen LogP contribution in [0.4, 0.5) is 18.9 Å². The van der Waals surface area contributed by atoms with E-state index in [1.807, 2.05) is 12.1 Å². The number of aromatic nitrogens is 3. The second kappa shape index (κ2) is 6.75. The molecule has 0 bridgehead atoms. The Kier molecular flexibility index (Phi) is 4.67. The summed E-state index contributed by atoms with van der Waals surface area (Å²) in [6, 6.07) is 9.77. The van der Waals surface area contributed by atoms with Gasteiger partial charge in [0.1, 0.15) is 0 Å². The average molecular weight is 366 g/mol. The van der Waals surface area contributed by atoms with Gasteiger partial charge < -0.3 is 5.32 Å². The van der Waals surface area contributed by atoms with E-state index in [2.05, 4.69) is 15.5 Å². The van der Waals surface area contributed by atoms with E-state index in [9.17, 15) is 18.0 Å². The molecule has 0 aliphatic carbocycles. The Morgan fingerprint density at radius 3 is 2.56 bits per heavy atom. The minimum absolute atomic E-state index is 0.302. The van der Waals surface area contributed by atoms with Crippen LogP contribution in [-0.2, 0) is 11.0 Å². The summed E-state index contributed by atoms with van der Waals surface area (Å²) in [6.45, 7) is 1.69. The Labute approximate surface area is 145 Å². The van der Waals surface area contributed by atoms with Gasteiger partial charge in [0.25, 0.3) is 0 Å². The van der Waals surface area contributed by atoms with Crippen molar-refractivity contribution in [3.05, 3.63) is 54.2 Å². The van der Waals surface area contributed by atoms with Crippen LogP contribution in [0.3, 0.4) is 0 Å². The Morgan fingerprint density at radius 2 is 1.88 bits per heavy atom. The molecule has 130 valence electrons. The van der Waals surface area contributed by atoms with Crippen molar-refractivity contribution in [2.45, 2.75) is 23.5 Å². The number of alkyl halides is 3. The van der Waals surface area contributed by atoms with E-state index in [1.54, 1.807) is 23.6 Å². The van der Waals surface area contributed by atoms with E-state index in [0.29, 0.717) is 16.5 Å². The quantitative estimate of drug-likeness (QED) is 0.712. The summed E-state index contributed by atoms with van der Waals surface area (Å²) in [7, 11) is 0. The highest BCUT2D eigenvalue weighted by Crippen LogP contribution is 2.30. The van der Waals surface area contributed by atoms with Gasteiger partial charge in [0, 0.05) is 11.9 Å². The number of hydrogen-bond donors (Lipinski definition) is 1. The molecule has 1 aromatic carbocycles. The van der Waals surface area contributed by atoms with E-state index in [-0.39, 0.29) is 5.91 Å². The molecule has 0 unspecified atom stereocenters. The molecule has 0 spiro atoms. The third-order valence-corrected chi connectivity index (χ3v) is 4.47. The molecule has 0 saturated carbocycles. The number of pyridine rings is 1. The van der Waals surface area contributed by atoms with Crippen LogP contribution < -0.4 is 5.32 Å². The van der Waals surface area contributed by atoms with Gasteiger partial charge in [0.2, 0.25) is 5.91 Å². The third kappa shape index (κ3) is 3.93. The maximum Gasteiger partial charge on any atom is 0.416 e. The van der Waals surface area contributed by atoms with E-state index >= 15 is 0 Å². The molecular formula is C16H13F3N4OS. The topological polar surface area (TPSA) is 59.3 Å². The van der Waals surface area contributed by atoms with Crippen molar-refractivity contribution in [3.63, 3.8) is 0 Å². The van der Waals surface area contributed by atoms with Gasteiger partial charge in [0.05, 0.1) is 10.8 Å². The Bertz CT molecular complexity index is 892. The summed E-state index contributed by atoms with van der Waals surface area (Å²) in [4.78, 5) is 12.2. The SMILES string of the molecule is C[C@@H](Sc1nnc2ccccn12)C(=O)Nc1ccc(C(F)(F)F)cc1. The number of nitrogens with one attached hydrogen (secondary N) is 1. The minimum atomic E-state index is -4.40. The predicted octanol–water partition coefficient (Wildman–Crippen LogP) is 3.87. The standard InChI is InChI=1S/C16H13F3N4OS/c1-10(25-15-22-21-13-4-2-3-9-23(13)15)14(24)20-12-7-5-11(6-8-12)16(17,18)19/h2-10H,1H3,(H,20,24)/t10-/m1/s1. The van der Waals surface area contributed by atoms with Crippen LogP contribution in [0.1, 0.15) is 12.5 Å². The highest BCUT2D eigenvalue weighted by atomic mass is 32.2. The molecule has 1 amide bonds. The molecule has 0 aliphatic heterocycles. The van der Waals surface area contributed by atoms with Crippen LogP contribution in [0, 0.1) is 0 Å². The molecule has 1 N–H and O–H groups in total. The second-order valence-corrected chi connectivity index (χ2v) is 6.54. The number of thioether (sulfide) groups is 1. The fourth-order valence-corrected chi connectivity index (χ4v) is 2.94. The molecule has 0 saturated heterocycles. The third-order valence-electron chi connectivity index (χ3n) is 3.41. The zero-order valence-electron chi connectivity index (χ0n) is 13.0. The lowest BCUT2D eigenvalue weighted by atomic mass is 10.2. The zero-order valence-corrected chi connectivity index (χ0v) is 13.8. The highest BCUT2D eigenvalue weighted by Gasteiger charge is 2.30. The normalized spacial score (nSPS) is 13.0. The van der Waals surface area contributed by atoms with E-state index in [0.717, 1.165) is 12.1 Å². The van der Waals surface area contributed by atoms with Crippen LogP contribution in [-0.4, -0.2) is 25.8 Å². The number of benzene rings is 1. The predicted molar refractivity (Wildman–Crippen MR) is 88.4 cm³/mol. The number of halogens is 3. The van der Waals surface area contributed by atoms with Crippen molar-refractivity contribution < 1.29 is 18.0 Å². The number of anilines is 1. The maximum absolute atomic E-state index is 12.5. The van der Waals surface area contributed by atoms with Crippen molar-refractivity contribution >= 4 is 29.0 Å². The van der Waals surface area contributed by atoms with Crippen molar-refractivity contribution in [1.82, 2.24) is 14.6 Å². The molecule has 3 rings (SSSR count). The fraction of sp³-hybridized carbons (Fsp3) is 0.188. The van der Waals surface area contributed by atoms with Crippen LogP contribution in [0.2, 0.25) is 0 Å². The number of nitrogens with zero attached hydrogens (tertiary/aromatic N) is 3. The molecule has 2 heterocycles. The first kappa shape index (κ1) is 17.3. The maximum atomic E-state index is 12.5. The number of fused-ring (bicyclic) bond motifs is 1. The number of rotatable bonds is 4. The summed E-state index contributed by atoms with van der Waals surface area (Å²) >= 11 is 1.21. The molecule has 9 heteroatoms. The van der Waals surface area contributed by atoms with Gasteiger partial charge in [-0.2, -0.15) is 13.2 Å². The summed E-state index contributed by atoms with van der Waals surface area (Å²) in [5, 5.41) is 10.7. The van der Waals surface area contributed by atoms with Crippen molar-refractivity contribution in [3.8, 4) is 0 Å². The van der Waals surface area contributed by atoms with Gasteiger partial charge in [-0.05, 0) is 43.3 Å². The lowest BCUT2D eigenvalue weighted by Crippen LogP contribution is -2.22. The number of amides is 1. The highest BCUT2D eigenvalue weighted by molar-refractivity contribution is 8.00. The summed E-state index contributed by atoms with van der Waals surface area (Å²) in [6.07, 6.45) is -2.61. The van der Waals surface area contributed by atoms with Crippen LogP contribution >= 0.6 is 11.8 Å². The van der Waals surface area contributed by atoms with E-state index in [1.165, 1.54) is 23.9 Å². The monoisotopic (exact) mass is 366 g/mol.